The number of nitrogens with one attached hydrogen (secondary N) is 1. The van der Waals surface area contributed by atoms with E-state index in [2.05, 4.69) is 10.5 Å². The lowest BCUT2D eigenvalue weighted by Crippen LogP contribution is -2.58. The van der Waals surface area contributed by atoms with Crippen LogP contribution < -0.4 is 5.32 Å². The van der Waals surface area contributed by atoms with Crippen LogP contribution in [0.3, 0.4) is 0 Å². The topological polar surface area (TPSA) is 75.4 Å². The lowest BCUT2D eigenvalue weighted by atomic mass is 9.95. The van der Waals surface area contributed by atoms with Crippen molar-refractivity contribution >= 4 is 11.8 Å². The zero-order valence-corrected chi connectivity index (χ0v) is 17.4. The fraction of sp³-hybridized carbons (Fsp3) is 0.292. The molecule has 0 bridgehead atoms. The van der Waals surface area contributed by atoms with E-state index in [1.54, 1.807) is 17.0 Å². The monoisotopic (exact) mass is 421 g/mol. The molecule has 1 N–H and O–H groups in total. The van der Waals surface area contributed by atoms with Crippen LogP contribution in [0.1, 0.15) is 42.4 Å². The summed E-state index contributed by atoms with van der Waals surface area (Å²) >= 11 is 0. The molecule has 1 fully saturated rings. The predicted octanol–water partition coefficient (Wildman–Crippen LogP) is 4.21. The first-order chi connectivity index (χ1) is 14.9. The van der Waals surface area contributed by atoms with Crippen LogP contribution in [-0.4, -0.2) is 34.5 Å². The summed E-state index contributed by atoms with van der Waals surface area (Å²) in [4.78, 5) is 27.9. The van der Waals surface area contributed by atoms with Crippen LogP contribution in [0.25, 0.3) is 11.3 Å². The highest BCUT2D eigenvalue weighted by Crippen LogP contribution is 2.27. The number of halogens is 1. The van der Waals surface area contributed by atoms with Gasteiger partial charge in [-0.05, 0) is 42.2 Å². The van der Waals surface area contributed by atoms with Crippen molar-refractivity contribution in [2.75, 3.05) is 6.54 Å². The minimum atomic E-state index is -0.591. The van der Waals surface area contributed by atoms with Crippen molar-refractivity contribution in [3.8, 4) is 11.3 Å². The normalized spacial score (nSPS) is 18.8. The molecule has 1 aliphatic heterocycles. The van der Waals surface area contributed by atoms with E-state index < -0.39 is 6.04 Å². The second-order valence-electron chi connectivity index (χ2n) is 8.16. The Kier molecular flexibility index (Phi) is 5.84. The smallest absolute Gasteiger partial charge is 0.293 e. The fourth-order valence-electron chi connectivity index (χ4n) is 3.83. The SMILES string of the molecule is CC(C)CC1C(=O)NC(c2ccccc2)CN1C(=O)c1cc(-c2ccc(F)cc2)no1. The van der Waals surface area contributed by atoms with E-state index in [4.69, 9.17) is 4.52 Å². The summed E-state index contributed by atoms with van der Waals surface area (Å²) in [6.45, 7) is 4.36. The maximum absolute atomic E-state index is 13.4. The number of nitrogens with zero attached hydrogens (tertiary/aromatic N) is 2. The van der Waals surface area contributed by atoms with Gasteiger partial charge in [0, 0.05) is 18.2 Å². The summed E-state index contributed by atoms with van der Waals surface area (Å²) in [5, 5.41) is 7.01. The Morgan fingerprint density at radius 2 is 1.90 bits per heavy atom. The molecule has 6 nitrogen and oxygen atoms in total. The molecule has 2 unspecified atom stereocenters. The Balaban J connectivity index is 1.62. The summed E-state index contributed by atoms with van der Waals surface area (Å²) in [6, 6.07) is 16.0. The van der Waals surface area contributed by atoms with Crippen LogP contribution in [0.4, 0.5) is 4.39 Å². The Hall–Kier alpha value is -3.48. The molecule has 0 radical (unpaired) electrons. The average molecular weight is 421 g/mol. The lowest BCUT2D eigenvalue weighted by molar-refractivity contribution is -0.130. The third kappa shape index (κ3) is 4.50. The van der Waals surface area contributed by atoms with Gasteiger partial charge in [-0.3, -0.25) is 9.59 Å². The van der Waals surface area contributed by atoms with E-state index >= 15 is 0 Å². The number of hydrogen-bond donors (Lipinski definition) is 1. The van der Waals surface area contributed by atoms with Gasteiger partial charge in [0.25, 0.3) is 5.91 Å². The standard InChI is InChI=1S/C24H24FN3O3/c1-15(2)12-21-23(29)26-20(16-6-4-3-5-7-16)14-28(21)24(30)22-13-19(27-31-22)17-8-10-18(25)11-9-17/h3-11,13,15,20-21H,12,14H2,1-2H3,(H,26,29). The number of hydrogen-bond acceptors (Lipinski definition) is 4. The van der Waals surface area contributed by atoms with Crippen LogP contribution in [-0.2, 0) is 4.79 Å². The molecule has 0 saturated carbocycles. The molecule has 0 spiro atoms. The first-order valence-corrected chi connectivity index (χ1v) is 10.3. The highest BCUT2D eigenvalue weighted by molar-refractivity contribution is 5.97. The van der Waals surface area contributed by atoms with Crippen LogP contribution in [0.15, 0.2) is 65.2 Å². The van der Waals surface area contributed by atoms with Crippen molar-refractivity contribution in [2.24, 2.45) is 5.92 Å². The van der Waals surface area contributed by atoms with E-state index in [0.29, 0.717) is 24.2 Å². The van der Waals surface area contributed by atoms with Crippen molar-refractivity contribution in [3.63, 3.8) is 0 Å². The third-order valence-corrected chi connectivity index (χ3v) is 5.39. The van der Waals surface area contributed by atoms with Gasteiger partial charge in [0.15, 0.2) is 0 Å². The molecule has 2 aromatic carbocycles. The van der Waals surface area contributed by atoms with Crippen molar-refractivity contribution in [1.29, 1.82) is 0 Å². The van der Waals surface area contributed by atoms with Gasteiger partial charge in [-0.25, -0.2) is 4.39 Å². The first kappa shape index (κ1) is 20.8. The van der Waals surface area contributed by atoms with Gasteiger partial charge in [0.1, 0.15) is 17.6 Å². The van der Waals surface area contributed by atoms with Crippen molar-refractivity contribution in [1.82, 2.24) is 15.4 Å². The van der Waals surface area contributed by atoms with Crippen molar-refractivity contribution in [3.05, 3.63) is 77.8 Å². The van der Waals surface area contributed by atoms with Crippen molar-refractivity contribution in [2.45, 2.75) is 32.4 Å². The number of benzene rings is 2. The maximum Gasteiger partial charge on any atom is 0.293 e. The molecule has 2 atom stereocenters. The summed E-state index contributed by atoms with van der Waals surface area (Å²) in [7, 11) is 0. The highest BCUT2D eigenvalue weighted by atomic mass is 19.1. The minimum Gasteiger partial charge on any atom is -0.350 e. The van der Waals surface area contributed by atoms with Crippen LogP contribution in [0, 0.1) is 11.7 Å². The molecule has 1 aliphatic rings. The number of carbonyl (C=O) groups is 2. The molecule has 160 valence electrons. The Morgan fingerprint density at radius 3 is 2.58 bits per heavy atom. The van der Waals surface area contributed by atoms with Crippen LogP contribution >= 0.6 is 0 Å². The first-order valence-electron chi connectivity index (χ1n) is 10.3. The van der Waals surface area contributed by atoms with Gasteiger partial charge in [-0.1, -0.05) is 49.3 Å². The van der Waals surface area contributed by atoms with Crippen LogP contribution in [0.2, 0.25) is 0 Å². The number of aromatic nitrogens is 1. The van der Waals surface area contributed by atoms with E-state index in [0.717, 1.165) is 5.56 Å². The molecular formula is C24H24FN3O3. The summed E-state index contributed by atoms with van der Waals surface area (Å²) < 4.78 is 18.5. The molecule has 2 heterocycles. The minimum absolute atomic E-state index is 0.0505. The van der Waals surface area contributed by atoms with E-state index in [-0.39, 0.29) is 35.4 Å². The molecule has 2 amide bonds. The molecule has 0 aliphatic carbocycles. The highest BCUT2D eigenvalue weighted by Gasteiger charge is 2.39. The Morgan fingerprint density at radius 1 is 1.19 bits per heavy atom. The second-order valence-corrected chi connectivity index (χ2v) is 8.16. The maximum atomic E-state index is 13.4. The van der Waals surface area contributed by atoms with Gasteiger partial charge in [0.05, 0.1) is 6.04 Å². The number of amides is 2. The summed E-state index contributed by atoms with van der Waals surface area (Å²) in [5.41, 5.74) is 2.01. The zero-order valence-electron chi connectivity index (χ0n) is 17.4. The van der Waals surface area contributed by atoms with E-state index in [1.807, 2.05) is 44.2 Å². The molecule has 1 saturated heterocycles. The fourth-order valence-corrected chi connectivity index (χ4v) is 3.83. The number of piperazine rings is 1. The largest absolute Gasteiger partial charge is 0.350 e. The zero-order chi connectivity index (χ0) is 22.0. The molecule has 4 rings (SSSR count). The van der Waals surface area contributed by atoms with Gasteiger partial charge >= 0.3 is 0 Å². The van der Waals surface area contributed by atoms with E-state index in [9.17, 15) is 14.0 Å². The second kappa shape index (κ2) is 8.71. The number of carbonyl (C=O) groups excluding carboxylic acids is 2. The Labute approximate surface area is 180 Å². The lowest BCUT2D eigenvalue weighted by Gasteiger charge is -2.39. The van der Waals surface area contributed by atoms with E-state index in [1.165, 1.54) is 18.2 Å². The van der Waals surface area contributed by atoms with Gasteiger partial charge in [-0.2, -0.15) is 0 Å². The van der Waals surface area contributed by atoms with Gasteiger partial charge in [0.2, 0.25) is 11.7 Å². The molecule has 3 aromatic rings. The van der Waals surface area contributed by atoms with Crippen LogP contribution in [0.5, 0.6) is 0 Å². The molecule has 1 aromatic heterocycles. The molecule has 31 heavy (non-hydrogen) atoms. The third-order valence-electron chi connectivity index (χ3n) is 5.39. The predicted molar refractivity (Wildman–Crippen MR) is 114 cm³/mol. The quantitative estimate of drug-likeness (QED) is 0.670. The van der Waals surface area contributed by atoms with Gasteiger partial charge in [-0.15, -0.1) is 0 Å². The molecule has 7 heteroatoms. The Bertz CT molecular complexity index is 1060. The van der Waals surface area contributed by atoms with Gasteiger partial charge < -0.3 is 14.7 Å². The van der Waals surface area contributed by atoms with Crippen molar-refractivity contribution < 1.29 is 18.5 Å². The average Bonchev–Trinajstić information content (AvgIpc) is 3.25. The molecular weight excluding hydrogens is 397 g/mol. The summed E-state index contributed by atoms with van der Waals surface area (Å²) in [6.07, 6.45) is 0.540. The summed E-state index contributed by atoms with van der Waals surface area (Å²) in [5.74, 6) is -0.646. The number of rotatable bonds is 5.